The smallest absolute Gasteiger partial charge is 0.274 e. The maximum Gasteiger partial charge on any atom is 0.274 e. The van der Waals surface area contributed by atoms with Crippen LogP contribution < -0.4 is 10.6 Å². The third-order valence-corrected chi connectivity index (χ3v) is 3.90. The first kappa shape index (κ1) is 19.1. The highest BCUT2D eigenvalue weighted by Gasteiger charge is 2.14. The third kappa shape index (κ3) is 5.41. The number of aromatic nitrogens is 2. The molecule has 1 heterocycles. The number of hydrogen-bond acceptors (Lipinski definition) is 5. The highest BCUT2D eigenvalue weighted by molar-refractivity contribution is 6.34. The molecule has 0 aliphatic rings. The van der Waals surface area contributed by atoms with Crippen LogP contribution in [0.2, 0.25) is 5.02 Å². The van der Waals surface area contributed by atoms with Crippen molar-refractivity contribution in [3.8, 4) is 0 Å². The highest BCUT2D eigenvalue weighted by atomic mass is 35.5. The summed E-state index contributed by atoms with van der Waals surface area (Å²) in [6, 6.07) is 5.44. The second-order valence-corrected chi connectivity index (χ2v) is 6.72. The van der Waals surface area contributed by atoms with Crippen molar-refractivity contribution >= 4 is 29.0 Å². The summed E-state index contributed by atoms with van der Waals surface area (Å²) in [5.41, 5.74) is 2.87. The number of amides is 1. The van der Waals surface area contributed by atoms with Crippen molar-refractivity contribution in [2.75, 3.05) is 37.8 Å². The summed E-state index contributed by atoms with van der Waals surface area (Å²) in [6.45, 7) is 7.23. The van der Waals surface area contributed by atoms with Gasteiger partial charge in [0.1, 0.15) is 17.3 Å². The quantitative estimate of drug-likeness (QED) is 0.826. The molecule has 25 heavy (non-hydrogen) atoms. The molecule has 134 valence electrons. The Hall–Kier alpha value is -2.18. The van der Waals surface area contributed by atoms with Gasteiger partial charge in [0.2, 0.25) is 0 Å². The van der Waals surface area contributed by atoms with Crippen molar-refractivity contribution in [1.29, 1.82) is 0 Å². The number of benzene rings is 1. The summed E-state index contributed by atoms with van der Waals surface area (Å²) in [5.74, 6) is 0.855. The Morgan fingerprint density at radius 3 is 2.52 bits per heavy atom. The van der Waals surface area contributed by atoms with Gasteiger partial charge in [-0.2, -0.15) is 0 Å². The predicted molar refractivity (Wildman–Crippen MR) is 103 cm³/mol. The van der Waals surface area contributed by atoms with Gasteiger partial charge in [-0.15, -0.1) is 0 Å². The average molecular weight is 362 g/mol. The summed E-state index contributed by atoms with van der Waals surface area (Å²) in [6.07, 6.45) is 0. The van der Waals surface area contributed by atoms with Crippen LogP contribution in [0.4, 0.5) is 11.5 Å². The van der Waals surface area contributed by atoms with Crippen molar-refractivity contribution in [2.45, 2.75) is 20.8 Å². The van der Waals surface area contributed by atoms with Gasteiger partial charge in [-0.1, -0.05) is 17.7 Å². The molecule has 7 heteroatoms. The van der Waals surface area contributed by atoms with E-state index in [9.17, 15) is 4.79 Å². The van der Waals surface area contributed by atoms with E-state index in [2.05, 4.69) is 25.5 Å². The van der Waals surface area contributed by atoms with Gasteiger partial charge in [0.25, 0.3) is 5.91 Å². The van der Waals surface area contributed by atoms with E-state index in [4.69, 9.17) is 11.6 Å². The summed E-state index contributed by atoms with van der Waals surface area (Å²) in [7, 11) is 4.00. The minimum absolute atomic E-state index is 0.302. The molecule has 0 radical (unpaired) electrons. The summed E-state index contributed by atoms with van der Waals surface area (Å²) >= 11 is 6.26. The minimum atomic E-state index is -0.310. The second kappa shape index (κ2) is 8.27. The molecule has 0 aliphatic heterocycles. The first-order valence-electron chi connectivity index (χ1n) is 8.08. The van der Waals surface area contributed by atoms with E-state index < -0.39 is 0 Å². The number of nitrogens with zero attached hydrogens (tertiary/aromatic N) is 3. The molecule has 0 saturated heterocycles. The lowest BCUT2D eigenvalue weighted by molar-refractivity contribution is 0.102. The minimum Gasteiger partial charge on any atom is -0.369 e. The monoisotopic (exact) mass is 361 g/mol. The molecule has 0 saturated carbocycles. The summed E-state index contributed by atoms with van der Waals surface area (Å²) in [5, 5.41) is 6.58. The van der Waals surface area contributed by atoms with Crippen molar-refractivity contribution < 1.29 is 4.79 Å². The van der Waals surface area contributed by atoms with E-state index in [1.807, 2.05) is 40.1 Å². The van der Waals surface area contributed by atoms with Crippen LogP contribution in [0.25, 0.3) is 0 Å². The zero-order valence-corrected chi connectivity index (χ0v) is 16.0. The van der Waals surface area contributed by atoms with Crippen LogP contribution in [0.1, 0.15) is 27.4 Å². The number of anilines is 2. The van der Waals surface area contributed by atoms with Crippen LogP contribution in [0.5, 0.6) is 0 Å². The Balaban J connectivity index is 2.18. The topological polar surface area (TPSA) is 70.2 Å². The van der Waals surface area contributed by atoms with Crippen molar-refractivity contribution in [2.24, 2.45) is 0 Å². The molecule has 0 spiro atoms. The lowest BCUT2D eigenvalue weighted by Crippen LogP contribution is -2.22. The van der Waals surface area contributed by atoms with Crippen LogP contribution in [-0.2, 0) is 0 Å². The van der Waals surface area contributed by atoms with E-state index in [-0.39, 0.29) is 5.91 Å². The molecule has 0 atom stereocenters. The molecule has 0 unspecified atom stereocenters. The maximum atomic E-state index is 12.6. The van der Waals surface area contributed by atoms with Gasteiger partial charge in [-0.05, 0) is 52.1 Å². The molecule has 1 aromatic heterocycles. The first-order valence-corrected chi connectivity index (χ1v) is 8.46. The molecule has 0 aliphatic carbocycles. The SMILES string of the molecule is Cc1cc(C)c(NC(=O)c2cc(NCCN(C)C)nc(C)n2)c(Cl)c1. The van der Waals surface area contributed by atoms with E-state index >= 15 is 0 Å². The van der Waals surface area contributed by atoms with Crippen LogP contribution in [0.15, 0.2) is 18.2 Å². The van der Waals surface area contributed by atoms with Gasteiger partial charge in [-0.25, -0.2) is 9.97 Å². The Morgan fingerprint density at radius 1 is 1.16 bits per heavy atom. The number of hydrogen-bond donors (Lipinski definition) is 2. The molecule has 6 nitrogen and oxygen atoms in total. The second-order valence-electron chi connectivity index (χ2n) is 6.31. The molecule has 0 bridgehead atoms. The lowest BCUT2D eigenvalue weighted by Gasteiger charge is -2.13. The fourth-order valence-corrected chi connectivity index (χ4v) is 2.80. The molecular formula is C18H24ClN5O. The Labute approximate surface area is 153 Å². The Morgan fingerprint density at radius 2 is 1.88 bits per heavy atom. The van der Waals surface area contributed by atoms with Crippen molar-refractivity contribution in [1.82, 2.24) is 14.9 Å². The first-order chi connectivity index (χ1) is 11.8. The van der Waals surface area contributed by atoms with E-state index in [1.54, 1.807) is 13.0 Å². The Bertz CT molecular complexity index is 753. The molecule has 1 amide bonds. The Kier molecular flexibility index (Phi) is 6.33. The third-order valence-electron chi connectivity index (χ3n) is 3.61. The number of carbonyl (C=O) groups excluding carboxylic acids is 1. The standard InChI is InChI=1S/C18H24ClN5O/c1-11-8-12(2)17(14(19)9-11)23-18(25)15-10-16(22-13(3)21-15)20-6-7-24(4)5/h8-10H,6-7H2,1-5H3,(H,23,25)(H,20,21,22). The van der Waals surface area contributed by atoms with Crippen LogP contribution in [0.3, 0.4) is 0 Å². The van der Waals surface area contributed by atoms with Gasteiger partial charge < -0.3 is 15.5 Å². The number of rotatable bonds is 6. The average Bonchev–Trinajstić information content (AvgIpc) is 2.49. The largest absolute Gasteiger partial charge is 0.369 e. The van der Waals surface area contributed by atoms with Gasteiger partial charge >= 0.3 is 0 Å². The molecular weight excluding hydrogens is 338 g/mol. The normalized spacial score (nSPS) is 10.8. The number of carbonyl (C=O) groups is 1. The molecule has 1 aromatic carbocycles. The van der Waals surface area contributed by atoms with Gasteiger partial charge in [0.15, 0.2) is 0 Å². The predicted octanol–water partition coefficient (Wildman–Crippen LogP) is 3.28. The fraction of sp³-hybridized carbons (Fsp3) is 0.389. The molecule has 2 rings (SSSR count). The summed E-state index contributed by atoms with van der Waals surface area (Å²) in [4.78, 5) is 23.2. The lowest BCUT2D eigenvalue weighted by atomic mass is 10.1. The molecule has 2 N–H and O–H groups in total. The van der Waals surface area contributed by atoms with Crippen LogP contribution in [0, 0.1) is 20.8 Å². The van der Waals surface area contributed by atoms with Gasteiger partial charge in [0.05, 0.1) is 10.7 Å². The van der Waals surface area contributed by atoms with E-state index in [0.29, 0.717) is 28.0 Å². The summed E-state index contributed by atoms with van der Waals surface area (Å²) < 4.78 is 0. The van der Waals surface area contributed by atoms with Gasteiger partial charge in [0, 0.05) is 19.2 Å². The number of likely N-dealkylation sites (N-methyl/N-ethyl adjacent to an activating group) is 1. The van der Waals surface area contributed by atoms with Crippen molar-refractivity contribution in [3.63, 3.8) is 0 Å². The van der Waals surface area contributed by atoms with Crippen molar-refractivity contribution in [3.05, 3.63) is 45.9 Å². The fourth-order valence-electron chi connectivity index (χ4n) is 2.43. The number of aryl methyl sites for hydroxylation is 3. The zero-order valence-electron chi connectivity index (χ0n) is 15.3. The molecule has 2 aromatic rings. The van der Waals surface area contributed by atoms with Gasteiger partial charge in [-0.3, -0.25) is 4.79 Å². The number of nitrogens with one attached hydrogen (secondary N) is 2. The maximum absolute atomic E-state index is 12.6. The highest BCUT2D eigenvalue weighted by Crippen LogP contribution is 2.27. The van der Waals surface area contributed by atoms with Crippen LogP contribution in [-0.4, -0.2) is 48.0 Å². The molecule has 0 fully saturated rings. The van der Waals surface area contributed by atoms with E-state index in [0.717, 1.165) is 24.2 Å². The van der Waals surface area contributed by atoms with E-state index in [1.165, 1.54) is 0 Å². The van der Waals surface area contributed by atoms with Crippen LogP contribution >= 0.6 is 11.6 Å². The number of halogens is 1. The zero-order chi connectivity index (χ0) is 18.6.